The van der Waals surface area contributed by atoms with Crippen LogP contribution in [0.15, 0.2) is 5.10 Å². The first-order chi connectivity index (χ1) is 13.4. The lowest BCUT2D eigenvalue weighted by Crippen LogP contribution is -2.54. The third-order valence-corrected chi connectivity index (χ3v) is 5.64. The molecule has 0 aromatic carbocycles. The molecule has 0 spiro atoms. The lowest BCUT2D eigenvalue weighted by molar-refractivity contribution is -0.130. The summed E-state index contributed by atoms with van der Waals surface area (Å²) in [6, 6.07) is 2.18. The highest BCUT2D eigenvalue weighted by Gasteiger charge is 2.31. The second kappa shape index (κ2) is 9.43. The average molecular weight is 393 g/mol. The van der Waals surface area contributed by atoms with Crippen molar-refractivity contribution >= 4 is 17.5 Å². The standard InChI is InChI=1S/C19H28FN5O3/c1-25-18(26)5-3-16(24-25)19(27)23-17-4-2-15(10-22-17)28-11-13-6-12(9-21)7-14(20)8-13/h12-15,17,22H,2-8,10-11H2,1H3,(H,23,27). The van der Waals surface area contributed by atoms with Crippen molar-refractivity contribution < 1.29 is 18.7 Å². The van der Waals surface area contributed by atoms with E-state index in [0.29, 0.717) is 51.0 Å². The minimum Gasteiger partial charge on any atom is -0.377 e. The summed E-state index contributed by atoms with van der Waals surface area (Å²) in [5.74, 6) is -0.464. The number of halogens is 1. The highest BCUT2D eigenvalue weighted by Crippen LogP contribution is 2.31. The van der Waals surface area contributed by atoms with E-state index in [0.717, 1.165) is 12.8 Å². The van der Waals surface area contributed by atoms with E-state index in [1.54, 1.807) is 7.05 Å². The first kappa shape index (κ1) is 20.7. The van der Waals surface area contributed by atoms with E-state index in [2.05, 4.69) is 21.8 Å². The molecule has 9 heteroatoms. The number of rotatable bonds is 5. The molecule has 1 saturated carbocycles. The van der Waals surface area contributed by atoms with Crippen molar-refractivity contribution in [3.05, 3.63) is 0 Å². The molecule has 2 heterocycles. The molecule has 2 amide bonds. The molecular formula is C19H28FN5O3. The predicted octanol–water partition coefficient (Wildman–Crippen LogP) is 1.08. The number of nitrogens with zero attached hydrogens (tertiary/aromatic N) is 3. The monoisotopic (exact) mass is 393 g/mol. The van der Waals surface area contributed by atoms with E-state index >= 15 is 0 Å². The number of nitriles is 1. The molecule has 2 N–H and O–H groups in total. The molecule has 0 aromatic rings. The third-order valence-electron chi connectivity index (χ3n) is 5.64. The van der Waals surface area contributed by atoms with E-state index in [-0.39, 0.29) is 35.9 Å². The Balaban J connectivity index is 1.38. The van der Waals surface area contributed by atoms with Crippen molar-refractivity contribution in [2.24, 2.45) is 16.9 Å². The maximum Gasteiger partial charge on any atom is 0.268 e. The number of alkyl halides is 1. The summed E-state index contributed by atoms with van der Waals surface area (Å²) in [4.78, 5) is 23.8. The number of carbonyl (C=O) groups excluding carboxylic acids is 2. The van der Waals surface area contributed by atoms with Gasteiger partial charge in [0.1, 0.15) is 11.9 Å². The van der Waals surface area contributed by atoms with Gasteiger partial charge in [-0.2, -0.15) is 10.4 Å². The number of hydrogen-bond acceptors (Lipinski definition) is 6. The van der Waals surface area contributed by atoms with Gasteiger partial charge < -0.3 is 10.1 Å². The number of nitrogens with one attached hydrogen (secondary N) is 2. The molecule has 2 aliphatic heterocycles. The Bertz CT molecular complexity index is 656. The van der Waals surface area contributed by atoms with Crippen molar-refractivity contribution in [3.63, 3.8) is 0 Å². The van der Waals surface area contributed by atoms with E-state index in [1.807, 2.05) is 0 Å². The topological polar surface area (TPSA) is 107 Å². The first-order valence-electron chi connectivity index (χ1n) is 9.98. The Kier molecular flexibility index (Phi) is 6.97. The summed E-state index contributed by atoms with van der Waals surface area (Å²) >= 11 is 0. The molecule has 5 unspecified atom stereocenters. The Hall–Kier alpha value is -2.05. The summed E-state index contributed by atoms with van der Waals surface area (Å²) in [6.07, 6.45) is 2.62. The molecule has 28 heavy (non-hydrogen) atoms. The number of carbonyl (C=O) groups is 2. The second-order valence-corrected chi connectivity index (χ2v) is 7.93. The fraction of sp³-hybridized carbons (Fsp3) is 0.789. The molecule has 1 aliphatic carbocycles. The van der Waals surface area contributed by atoms with Gasteiger partial charge in [0.25, 0.3) is 5.91 Å². The molecule has 3 aliphatic rings. The number of ether oxygens (including phenoxy) is 1. The molecule has 0 bridgehead atoms. The molecule has 154 valence electrons. The molecule has 8 nitrogen and oxygen atoms in total. The SMILES string of the molecule is CN1N=C(C(=O)NC2CCC(OCC3CC(F)CC(C#N)C3)CN2)CCC1=O. The largest absolute Gasteiger partial charge is 0.377 e. The number of hydrogen-bond donors (Lipinski definition) is 2. The maximum atomic E-state index is 13.7. The summed E-state index contributed by atoms with van der Waals surface area (Å²) < 4.78 is 19.7. The highest BCUT2D eigenvalue weighted by atomic mass is 19.1. The second-order valence-electron chi connectivity index (χ2n) is 7.93. The Labute approximate surface area is 164 Å². The Morgan fingerprint density at radius 2 is 2.21 bits per heavy atom. The van der Waals surface area contributed by atoms with Crippen LogP contribution < -0.4 is 10.6 Å². The average Bonchev–Trinajstić information content (AvgIpc) is 2.69. The van der Waals surface area contributed by atoms with Crippen molar-refractivity contribution in [1.82, 2.24) is 15.6 Å². The zero-order chi connectivity index (χ0) is 20.1. The van der Waals surface area contributed by atoms with E-state index < -0.39 is 6.17 Å². The van der Waals surface area contributed by atoms with Crippen LogP contribution in [0.4, 0.5) is 4.39 Å². The molecule has 0 radical (unpaired) electrons. The van der Waals surface area contributed by atoms with E-state index in [1.165, 1.54) is 5.01 Å². The zero-order valence-corrected chi connectivity index (χ0v) is 16.2. The molecular weight excluding hydrogens is 365 g/mol. The van der Waals surface area contributed by atoms with Crippen LogP contribution in [0.1, 0.15) is 44.9 Å². The van der Waals surface area contributed by atoms with Gasteiger partial charge in [0, 0.05) is 39.0 Å². The number of hydrazone groups is 1. The predicted molar refractivity (Wildman–Crippen MR) is 99.7 cm³/mol. The quantitative estimate of drug-likeness (QED) is 0.727. The third kappa shape index (κ3) is 5.49. The van der Waals surface area contributed by atoms with Gasteiger partial charge in [-0.25, -0.2) is 9.40 Å². The molecule has 1 saturated heterocycles. The lowest BCUT2D eigenvalue weighted by Gasteiger charge is -2.33. The fourth-order valence-electron chi connectivity index (χ4n) is 4.05. The summed E-state index contributed by atoms with van der Waals surface area (Å²) in [6.45, 7) is 1.07. The van der Waals surface area contributed by atoms with Gasteiger partial charge in [0.2, 0.25) is 5.91 Å². The zero-order valence-electron chi connectivity index (χ0n) is 16.2. The van der Waals surface area contributed by atoms with Crippen LogP contribution >= 0.6 is 0 Å². The van der Waals surface area contributed by atoms with Crippen LogP contribution in [-0.4, -0.2) is 61.2 Å². The van der Waals surface area contributed by atoms with Crippen molar-refractivity contribution in [3.8, 4) is 6.07 Å². The smallest absolute Gasteiger partial charge is 0.268 e. The Morgan fingerprint density at radius 3 is 2.89 bits per heavy atom. The number of amides is 2. The van der Waals surface area contributed by atoms with E-state index in [9.17, 15) is 14.0 Å². The van der Waals surface area contributed by atoms with Gasteiger partial charge in [-0.05, 0) is 38.0 Å². The van der Waals surface area contributed by atoms with Crippen molar-refractivity contribution in [2.45, 2.75) is 63.4 Å². The van der Waals surface area contributed by atoms with E-state index in [4.69, 9.17) is 10.00 Å². The van der Waals surface area contributed by atoms with Crippen molar-refractivity contribution in [1.29, 1.82) is 5.26 Å². The van der Waals surface area contributed by atoms with Crippen LogP contribution in [0, 0.1) is 23.2 Å². The Morgan fingerprint density at radius 1 is 1.39 bits per heavy atom. The van der Waals surface area contributed by atoms with Crippen LogP contribution in [0.2, 0.25) is 0 Å². The van der Waals surface area contributed by atoms with Gasteiger partial charge in [0.15, 0.2) is 0 Å². The van der Waals surface area contributed by atoms with Crippen LogP contribution in [0.3, 0.4) is 0 Å². The van der Waals surface area contributed by atoms with Crippen molar-refractivity contribution in [2.75, 3.05) is 20.2 Å². The summed E-state index contributed by atoms with van der Waals surface area (Å²) in [5.41, 5.74) is 0.368. The normalized spacial score (nSPS) is 33.8. The maximum absolute atomic E-state index is 13.7. The molecule has 5 atom stereocenters. The van der Waals surface area contributed by atoms with Gasteiger partial charge in [-0.1, -0.05) is 0 Å². The van der Waals surface area contributed by atoms with Crippen LogP contribution in [0.5, 0.6) is 0 Å². The molecule has 0 aromatic heterocycles. The van der Waals surface area contributed by atoms with Gasteiger partial charge in [-0.3, -0.25) is 14.9 Å². The summed E-state index contributed by atoms with van der Waals surface area (Å²) in [7, 11) is 1.55. The van der Waals surface area contributed by atoms with Crippen LogP contribution in [0.25, 0.3) is 0 Å². The van der Waals surface area contributed by atoms with Gasteiger partial charge in [0.05, 0.1) is 18.3 Å². The fourth-order valence-corrected chi connectivity index (χ4v) is 4.05. The molecule has 3 rings (SSSR count). The number of piperidine rings is 1. The van der Waals surface area contributed by atoms with Gasteiger partial charge in [-0.15, -0.1) is 0 Å². The minimum atomic E-state index is -0.909. The van der Waals surface area contributed by atoms with Crippen LogP contribution in [-0.2, 0) is 14.3 Å². The highest BCUT2D eigenvalue weighted by molar-refractivity contribution is 6.39. The first-order valence-corrected chi connectivity index (χ1v) is 9.98. The van der Waals surface area contributed by atoms with Gasteiger partial charge >= 0.3 is 0 Å². The minimum absolute atomic E-state index is 0.0180. The summed E-state index contributed by atoms with van der Waals surface area (Å²) in [5, 5.41) is 20.4. The lowest BCUT2D eigenvalue weighted by atomic mass is 9.81. The molecule has 2 fully saturated rings.